The molecule has 1 unspecified atom stereocenters. The third kappa shape index (κ3) is 4.61. The molecule has 0 bridgehead atoms. The van der Waals surface area contributed by atoms with Gasteiger partial charge in [-0.1, -0.05) is 31.5 Å². The van der Waals surface area contributed by atoms with Gasteiger partial charge in [0.1, 0.15) is 5.75 Å². The van der Waals surface area contributed by atoms with E-state index in [1.54, 1.807) is 29.2 Å². The first-order valence-corrected chi connectivity index (χ1v) is 8.20. The molecule has 1 heterocycles. The van der Waals surface area contributed by atoms with E-state index in [1.165, 1.54) is 0 Å². The van der Waals surface area contributed by atoms with Crippen molar-refractivity contribution >= 4 is 23.5 Å². The Kier molecular flexibility index (Phi) is 5.88. The molecule has 1 aliphatic heterocycles. The Balaban J connectivity index is 2.10. The van der Waals surface area contributed by atoms with Gasteiger partial charge in [-0.15, -0.1) is 0 Å². The number of carbonyl (C=O) groups excluding carboxylic acids is 1. The molecular formula is C17H22ClNO4. The maximum Gasteiger partial charge on any atom is 0.308 e. The number of carboxylic acids is 1. The largest absolute Gasteiger partial charge is 0.481 e. The van der Waals surface area contributed by atoms with E-state index in [9.17, 15) is 9.59 Å². The summed E-state index contributed by atoms with van der Waals surface area (Å²) < 4.78 is 5.84. The average Bonchev–Trinajstić information content (AvgIpc) is 2.52. The molecule has 1 aliphatic rings. The lowest BCUT2D eigenvalue weighted by Gasteiger charge is -2.34. The number of hydrogen-bond acceptors (Lipinski definition) is 3. The topological polar surface area (TPSA) is 66.8 Å². The molecule has 6 heteroatoms. The number of benzene rings is 1. The summed E-state index contributed by atoms with van der Waals surface area (Å²) in [6, 6.07) is 6.93. The normalized spacial score (nSPS) is 19.5. The second-order valence-electron chi connectivity index (χ2n) is 6.20. The first kappa shape index (κ1) is 17.6. The molecule has 0 aromatic heterocycles. The minimum atomic E-state index is -0.848. The van der Waals surface area contributed by atoms with Crippen LogP contribution in [0.3, 0.4) is 0 Å². The number of ether oxygens (including phenoxy) is 1. The number of carbonyl (C=O) groups is 2. The van der Waals surface area contributed by atoms with E-state index >= 15 is 0 Å². The van der Waals surface area contributed by atoms with Crippen LogP contribution in [0.15, 0.2) is 24.3 Å². The monoisotopic (exact) mass is 339 g/mol. The van der Waals surface area contributed by atoms with Gasteiger partial charge < -0.3 is 14.7 Å². The van der Waals surface area contributed by atoms with Gasteiger partial charge in [0.05, 0.1) is 5.92 Å². The summed E-state index contributed by atoms with van der Waals surface area (Å²) in [5, 5.41) is 9.71. The molecule has 1 amide bonds. The quantitative estimate of drug-likeness (QED) is 0.895. The summed E-state index contributed by atoms with van der Waals surface area (Å²) in [5.41, 5.74) is 0. The predicted molar refractivity (Wildman–Crippen MR) is 87.6 cm³/mol. The first-order valence-electron chi connectivity index (χ1n) is 7.82. The highest BCUT2D eigenvalue weighted by Crippen LogP contribution is 2.23. The molecule has 23 heavy (non-hydrogen) atoms. The molecule has 2 rings (SSSR count). The van der Waals surface area contributed by atoms with Crippen molar-refractivity contribution in [3.63, 3.8) is 0 Å². The fourth-order valence-corrected chi connectivity index (χ4v) is 2.90. The summed E-state index contributed by atoms with van der Waals surface area (Å²) >= 11 is 5.95. The lowest BCUT2D eigenvalue weighted by atomic mass is 9.96. The lowest BCUT2D eigenvalue weighted by molar-refractivity contribution is -0.148. The van der Waals surface area contributed by atoms with E-state index < -0.39 is 18.0 Å². The van der Waals surface area contributed by atoms with Crippen LogP contribution in [-0.4, -0.2) is 41.1 Å². The number of hydrogen-bond donors (Lipinski definition) is 1. The van der Waals surface area contributed by atoms with Gasteiger partial charge in [-0.25, -0.2) is 0 Å². The zero-order valence-electron chi connectivity index (χ0n) is 13.4. The fourth-order valence-electron chi connectivity index (χ4n) is 2.72. The SMILES string of the molecule is CC(C)C(Oc1cccc(Cl)c1)C(=O)N1CCC[C@H](C(=O)O)C1. The van der Waals surface area contributed by atoms with E-state index in [0.717, 1.165) is 0 Å². The van der Waals surface area contributed by atoms with Crippen molar-refractivity contribution in [2.75, 3.05) is 13.1 Å². The summed E-state index contributed by atoms with van der Waals surface area (Å²) in [6.07, 6.45) is 0.659. The number of rotatable bonds is 5. The maximum absolute atomic E-state index is 12.8. The molecule has 1 aromatic carbocycles. The Bertz CT molecular complexity index is 575. The summed E-state index contributed by atoms with van der Waals surface area (Å²) in [6.45, 7) is 4.64. The number of amides is 1. The van der Waals surface area contributed by atoms with Crippen LogP contribution in [0.25, 0.3) is 0 Å². The Morgan fingerprint density at radius 2 is 2.13 bits per heavy atom. The molecule has 5 nitrogen and oxygen atoms in total. The maximum atomic E-state index is 12.8. The minimum absolute atomic E-state index is 0.0355. The van der Waals surface area contributed by atoms with Gasteiger partial charge in [-0.05, 0) is 37.0 Å². The highest BCUT2D eigenvalue weighted by atomic mass is 35.5. The Labute approximate surface area is 141 Å². The van der Waals surface area contributed by atoms with Crippen LogP contribution in [0.5, 0.6) is 5.75 Å². The molecule has 0 aliphatic carbocycles. The van der Waals surface area contributed by atoms with E-state index in [0.29, 0.717) is 30.2 Å². The van der Waals surface area contributed by atoms with Gasteiger partial charge in [0, 0.05) is 18.1 Å². The molecule has 0 spiro atoms. The number of halogens is 1. The number of carboxylic acid groups (broad SMARTS) is 1. The molecule has 0 saturated carbocycles. The summed E-state index contributed by atoms with van der Waals surface area (Å²) in [4.78, 5) is 25.6. The zero-order valence-corrected chi connectivity index (χ0v) is 14.1. The molecule has 1 N–H and O–H groups in total. The number of nitrogens with zero attached hydrogens (tertiary/aromatic N) is 1. The lowest BCUT2D eigenvalue weighted by Crippen LogP contribution is -2.49. The third-order valence-electron chi connectivity index (χ3n) is 3.99. The van der Waals surface area contributed by atoms with Gasteiger partial charge in [0.15, 0.2) is 6.10 Å². The molecular weight excluding hydrogens is 318 g/mol. The highest BCUT2D eigenvalue weighted by Gasteiger charge is 2.34. The predicted octanol–water partition coefficient (Wildman–Crippen LogP) is 3.07. The Hall–Kier alpha value is -1.75. The first-order chi connectivity index (χ1) is 10.9. The molecule has 0 radical (unpaired) electrons. The van der Waals surface area contributed by atoms with Gasteiger partial charge >= 0.3 is 5.97 Å². The van der Waals surface area contributed by atoms with Crippen molar-refractivity contribution in [2.45, 2.75) is 32.8 Å². The minimum Gasteiger partial charge on any atom is -0.481 e. The van der Waals surface area contributed by atoms with Crippen molar-refractivity contribution in [1.29, 1.82) is 0 Å². The molecule has 1 saturated heterocycles. The van der Waals surface area contributed by atoms with Gasteiger partial charge in [0.2, 0.25) is 0 Å². The van der Waals surface area contributed by atoms with Gasteiger partial charge in [-0.3, -0.25) is 9.59 Å². The van der Waals surface area contributed by atoms with Crippen LogP contribution in [0.2, 0.25) is 5.02 Å². The van der Waals surface area contributed by atoms with Crippen molar-refractivity contribution in [3.05, 3.63) is 29.3 Å². The average molecular weight is 340 g/mol. The Morgan fingerprint density at radius 1 is 1.39 bits per heavy atom. The molecule has 2 atom stereocenters. The number of aliphatic carboxylic acids is 1. The third-order valence-corrected chi connectivity index (χ3v) is 4.23. The van der Waals surface area contributed by atoms with Crippen molar-refractivity contribution in [2.24, 2.45) is 11.8 Å². The van der Waals surface area contributed by atoms with Crippen molar-refractivity contribution in [1.82, 2.24) is 4.90 Å². The van der Waals surface area contributed by atoms with E-state index in [1.807, 2.05) is 13.8 Å². The van der Waals surface area contributed by atoms with E-state index in [-0.39, 0.29) is 18.4 Å². The van der Waals surface area contributed by atoms with Crippen LogP contribution in [-0.2, 0) is 9.59 Å². The van der Waals surface area contributed by atoms with Crippen LogP contribution in [0.4, 0.5) is 0 Å². The van der Waals surface area contributed by atoms with E-state index in [2.05, 4.69) is 0 Å². The zero-order chi connectivity index (χ0) is 17.0. The van der Waals surface area contributed by atoms with Crippen molar-refractivity contribution < 1.29 is 19.4 Å². The van der Waals surface area contributed by atoms with Crippen LogP contribution >= 0.6 is 11.6 Å². The second kappa shape index (κ2) is 7.68. The van der Waals surface area contributed by atoms with Crippen molar-refractivity contribution in [3.8, 4) is 5.75 Å². The number of piperidine rings is 1. The standard InChI is InChI=1S/C17H22ClNO4/c1-11(2)15(23-14-7-3-6-13(18)9-14)16(20)19-8-4-5-12(10-19)17(21)22/h3,6-7,9,11-12,15H,4-5,8,10H2,1-2H3,(H,21,22)/t12-,15?/m0/s1. The van der Waals surface area contributed by atoms with Crippen LogP contribution in [0.1, 0.15) is 26.7 Å². The van der Waals surface area contributed by atoms with Crippen LogP contribution in [0, 0.1) is 11.8 Å². The summed E-state index contributed by atoms with van der Waals surface area (Å²) in [5.74, 6) is -1.00. The smallest absolute Gasteiger partial charge is 0.308 e. The fraction of sp³-hybridized carbons (Fsp3) is 0.529. The molecule has 1 aromatic rings. The Morgan fingerprint density at radius 3 is 2.74 bits per heavy atom. The summed E-state index contributed by atoms with van der Waals surface area (Å²) in [7, 11) is 0. The highest BCUT2D eigenvalue weighted by molar-refractivity contribution is 6.30. The van der Waals surface area contributed by atoms with Gasteiger partial charge in [0.25, 0.3) is 5.91 Å². The molecule has 126 valence electrons. The van der Waals surface area contributed by atoms with Crippen LogP contribution < -0.4 is 4.74 Å². The molecule has 1 fully saturated rings. The van der Waals surface area contributed by atoms with Gasteiger partial charge in [-0.2, -0.15) is 0 Å². The van der Waals surface area contributed by atoms with E-state index in [4.69, 9.17) is 21.4 Å². The number of likely N-dealkylation sites (tertiary alicyclic amines) is 1. The second-order valence-corrected chi connectivity index (χ2v) is 6.64.